The monoisotopic (exact) mass is 352 g/mol. The van der Waals surface area contributed by atoms with Crippen LogP contribution in [-0.4, -0.2) is 49.3 Å². The van der Waals surface area contributed by atoms with E-state index in [1.807, 2.05) is 0 Å². The molecule has 1 atom stereocenters. The fraction of sp³-hybridized carbons (Fsp3) is 0.500. The quantitative estimate of drug-likeness (QED) is 0.878. The van der Waals surface area contributed by atoms with Crippen molar-refractivity contribution in [3.63, 3.8) is 0 Å². The molecule has 0 aliphatic carbocycles. The van der Waals surface area contributed by atoms with Crippen LogP contribution in [0.3, 0.4) is 0 Å². The molecule has 1 aromatic carbocycles. The molecule has 1 fully saturated rings. The average Bonchev–Trinajstić information content (AvgIpc) is 2.98. The van der Waals surface area contributed by atoms with E-state index in [1.165, 1.54) is 17.3 Å². The fourth-order valence-corrected chi connectivity index (χ4v) is 4.95. The molecule has 8 heteroatoms. The lowest BCUT2D eigenvalue weighted by molar-refractivity contribution is -0.142. The summed E-state index contributed by atoms with van der Waals surface area (Å²) in [5.74, 6) is -1.68. The van der Waals surface area contributed by atoms with Crippen molar-refractivity contribution in [1.82, 2.24) is 4.31 Å². The third kappa shape index (κ3) is 2.91. The normalized spacial score (nSPS) is 21.5. The number of benzene rings is 1. The van der Waals surface area contributed by atoms with E-state index < -0.39 is 21.9 Å². The Morgan fingerprint density at radius 2 is 2.00 bits per heavy atom. The van der Waals surface area contributed by atoms with E-state index in [0.717, 1.165) is 11.3 Å². The van der Waals surface area contributed by atoms with E-state index in [2.05, 4.69) is 0 Å². The maximum atomic E-state index is 12.8. The number of anilines is 1. The Morgan fingerprint density at radius 1 is 1.25 bits per heavy atom. The number of fused-ring (bicyclic) bond motifs is 1. The van der Waals surface area contributed by atoms with Crippen molar-refractivity contribution in [1.29, 1.82) is 0 Å². The predicted molar refractivity (Wildman–Crippen MR) is 87.3 cm³/mol. The first-order chi connectivity index (χ1) is 11.3. The molecular weight excluding hydrogens is 332 g/mol. The minimum absolute atomic E-state index is 0.00826. The van der Waals surface area contributed by atoms with Crippen LogP contribution in [0.15, 0.2) is 23.1 Å². The van der Waals surface area contributed by atoms with Gasteiger partial charge in [-0.25, -0.2) is 8.42 Å². The van der Waals surface area contributed by atoms with E-state index in [9.17, 15) is 18.0 Å². The molecule has 0 bridgehead atoms. The van der Waals surface area contributed by atoms with Gasteiger partial charge in [0.2, 0.25) is 15.9 Å². The number of hydrogen-bond donors (Lipinski definition) is 1. The Kier molecular flexibility index (Phi) is 4.35. The lowest BCUT2D eigenvalue weighted by Gasteiger charge is -2.30. The van der Waals surface area contributed by atoms with Crippen LogP contribution in [0.4, 0.5) is 5.69 Å². The molecule has 2 aliphatic heterocycles. The highest BCUT2D eigenvalue weighted by Gasteiger charge is 2.34. The molecule has 3 rings (SSSR count). The summed E-state index contributed by atoms with van der Waals surface area (Å²) in [5.41, 5.74) is 1.58. The van der Waals surface area contributed by atoms with Crippen LogP contribution in [0.1, 0.15) is 25.3 Å². The number of carbonyl (C=O) groups excluding carboxylic acids is 1. The third-order valence-corrected chi connectivity index (χ3v) is 6.56. The zero-order chi connectivity index (χ0) is 17.5. The van der Waals surface area contributed by atoms with Gasteiger partial charge in [-0.3, -0.25) is 9.59 Å². The molecule has 0 unspecified atom stereocenters. The zero-order valence-electron chi connectivity index (χ0n) is 13.4. The smallest absolute Gasteiger partial charge is 0.307 e. The first-order valence-corrected chi connectivity index (χ1v) is 9.38. The minimum atomic E-state index is -3.72. The Bertz CT molecular complexity index is 790. The van der Waals surface area contributed by atoms with Crippen LogP contribution in [0, 0.1) is 5.92 Å². The zero-order valence-corrected chi connectivity index (χ0v) is 14.3. The van der Waals surface area contributed by atoms with Gasteiger partial charge < -0.3 is 10.0 Å². The molecule has 130 valence electrons. The van der Waals surface area contributed by atoms with Crippen LogP contribution >= 0.6 is 0 Å². The first kappa shape index (κ1) is 16.9. The van der Waals surface area contributed by atoms with Gasteiger partial charge in [0.1, 0.15) is 0 Å². The summed E-state index contributed by atoms with van der Waals surface area (Å²) in [7, 11) is -3.72. The van der Waals surface area contributed by atoms with E-state index in [-0.39, 0.29) is 17.3 Å². The summed E-state index contributed by atoms with van der Waals surface area (Å²) >= 11 is 0. The Labute approximate surface area is 140 Å². The van der Waals surface area contributed by atoms with Gasteiger partial charge in [0.25, 0.3) is 0 Å². The summed E-state index contributed by atoms with van der Waals surface area (Å²) in [6, 6.07) is 4.77. The van der Waals surface area contributed by atoms with E-state index in [1.54, 1.807) is 17.0 Å². The fourth-order valence-electron chi connectivity index (χ4n) is 3.38. The van der Waals surface area contributed by atoms with Crippen LogP contribution in [-0.2, 0) is 26.0 Å². The number of aliphatic carboxylic acids is 1. The van der Waals surface area contributed by atoms with E-state index in [4.69, 9.17) is 5.11 Å². The highest BCUT2D eigenvalue weighted by Crippen LogP contribution is 2.32. The highest BCUT2D eigenvalue weighted by atomic mass is 32.2. The van der Waals surface area contributed by atoms with Gasteiger partial charge in [-0.05, 0) is 43.0 Å². The number of amides is 1. The molecule has 1 saturated heterocycles. The number of nitrogens with zero attached hydrogens (tertiary/aromatic N) is 2. The lowest BCUT2D eigenvalue weighted by atomic mass is 10.0. The Balaban J connectivity index is 1.88. The van der Waals surface area contributed by atoms with Crippen molar-refractivity contribution >= 4 is 27.6 Å². The number of carboxylic acid groups (broad SMARTS) is 1. The SMILES string of the molecule is CC(=O)N1CCc2cc(S(=O)(=O)N3CCC[C@H](C(=O)O)C3)ccc21. The molecular formula is C16H20N2O5S. The molecule has 1 N–H and O–H groups in total. The molecule has 24 heavy (non-hydrogen) atoms. The van der Waals surface area contributed by atoms with E-state index >= 15 is 0 Å². The molecule has 7 nitrogen and oxygen atoms in total. The number of carboxylic acids is 1. The summed E-state index contributed by atoms with van der Waals surface area (Å²) in [4.78, 5) is 24.5. The summed E-state index contributed by atoms with van der Waals surface area (Å²) < 4.78 is 26.9. The lowest BCUT2D eigenvalue weighted by Crippen LogP contribution is -2.42. The Hall–Kier alpha value is -1.93. The second-order valence-corrected chi connectivity index (χ2v) is 8.19. The second-order valence-electron chi connectivity index (χ2n) is 6.25. The number of sulfonamides is 1. The van der Waals surface area contributed by atoms with Gasteiger partial charge in [0.05, 0.1) is 10.8 Å². The van der Waals surface area contributed by atoms with Crippen molar-refractivity contribution in [3.05, 3.63) is 23.8 Å². The summed E-state index contributed by atoms with van der Waals surface area (Å²) in [6.45, 7) is 2.38. The largest absolute Gasteiger partial charge is 0.481 e. The Morgan fingerprint density at radius 3 is 2.67 bits per heavy atom. The van der Waals surface area contributed by atoms with Crippen molar-refractivity contribution in [3.8, 4) is 0 Å². The van der Waals surface area contributed by atoms with Crippen molar-refractivity contribution < 1.29 is 23.1 Å². The summed E-state index contributed by atoms with van der Waals surface area (Å²) in [6.07, 6.45) is 1.66. The molecule has 1 amide bonds. The van der Waals surface area contributed by atoms with Gasteiger partial charge in [0.15, 0.2) is 0 Å². The van der Waals surface area contributed by atoms with E-state index in [0.29, 0.717) is 32.4 Å². The van der Waals surface area contributed by atoms with Crippen molar-refractivity contribution in [2.45, 2.75) is 31.1 Å². The molecule has 1 aromatic rings. The van der Waals surface area contributed by atoms with Crippen LogP contribution in [0.25, 0.3) is 0 Å². The minimum Gasteiger partial charge on any atom is -0.481 e. The number of carbonyl (C=O) groups is 2. The maximum Gasteiger partial charge on any atom is 0.307 e. The van der Waals surface area contributed by atoms with Gasteiger partial charge >= 0.3 is 5.97 Å². The highest BCUT2D eigenvalue weighted by molar-refractivity contribution is 7.89. The number of rotatable bonds is 3. The molecule has 2 heterocycles. The standard InChI is InChI=1S/C16H20N2O5S/c1-11(19)18-8-6-12-9-14(4-5-15(12)18)24(22,23)17-7-2-3-13(10-17)16(20)21/h4-5,9,13H,2-3,6-8,10H2,1H3,(H,20,21)/t13-/m0/s1. The maximum absolute atomic E-state index is 12.8. The van der Waals surface area contributed by atoms with Crippen LogP contribution in [0.5, 0.6) is 0 Å². The van der Waals surface area contributed by atoms with Crippen molar-refractivity contribution in [2.24, 2.45) is 5.92 Å². The molecule has 2 aliphatic rings. The summed E-state index contributed by atoms with van der Waals surface area (Å²) in [5, 5.41) is 9.14. The molecule has 0 aromatic heterocycles. The first-order valence-electron chi connectivity index (χ1n) is 7.94. The van der Waals surface area contributed by atoms with Gasteiger partial charge in [-0.2, -0.15) is 4.31 Å². The third-order valence-electron chi connectivity index (χ3n) is 4.70. The molecule has 0 radical (unpaired) electrons. The van der Waals surface area contributed by atoms with Crippen LogP contribution in [0.2, 0.25) is 0 Å². The molecule has 0 saturated carbocycles. The van der Waals surface area contributed by atoms with Crippen LogP contribution < -0.4 is 4.90 Å². The molecule has 0 spiro atoms. The predicted octanol–water partition coefficient (Wildman–Crippen LogP) is 1.08. The van der Waals surface area contributed by atoms with Crippen molar-refractivity contribution in [2.75, 3.05) is 24.5 Å². The topological polar surface area (TPSA) is 95.0 Å². The number of hydrogen-bond acceptors (Lipinski definition) is 4. The van der Waals surface area contributed by atoms with Gasteiger partial charge in [0, 0.05) is 32.2 Å². The van der Waals surface area contributed by atoms with Gasteiger partial charge in [-0.1, -0.05) is 0 Å². The number of piperidine rings is 1. The van der Waals surface area contributed by atoms with Gasteiger partial charge in [-0.15, -0.1) is 0 Å². The average molecular weight is 352 g/mol. The second kappa shape index (κ2) is 6.18.